The molecule has 0 saturated carbocycles. The maximum Gasteiger partial charge on any atom is 3.00 e. The second-order valence-corrected chi connectivity index (χ2v) is 26.4. The van der Waals surface area contributed by atoms with Crippen LogP contribution in [0.25, 0.3) is 13.9 Å². The van der Waals surface area contributed by atoms with Gasteiger partial charge in [0.1, 0.15) is 0 Å². The fourth-order valence-corrected chi connectivity index (χ4v) is 17.1. The Balaban J connectivity index is -0.000000153. The second-order valence-electron chi connectivity index (χ2n) is 9.65. The zero-order valence-electron chi connectivity index (χ0n) is 23.8. The van der Waals surface area contributed by atoms with Crippen molar-refractivity contribution in [2.24, 2.45) is 0 Å². The van der Waals surface area contributed by atoms with Gasteiger partial charge in [0.15, 0.2) is 0 Å². The largest absolute Gasteiger partial charge is 3.00 e. The van der Waals surface area contributed by atoms with Gasteiger partial charge in [-0.2, -0.15) is 0 Å². The summed E-state index contributed by atoms with van der Waals surface area (Å²) in [5.74, 6) is 0. The van der Waals surface area contributed by atoms with Crippen molar-refractivity contribution in [1.29, 1.82) is 0 Å². The van der Waals surface area contributed by atoms with E-state index in [1.165, 1.54) is 25.7 Å². The minimum Gasteiger partial charge on any atom is -0.672 e. The summed E-state index contributed by atoms with van der Waals surface area (Å²) >= 11 is 0. The number of rotatable bonds is 6. The van der Waals surface area contributed by atoms with Crippen molar-refractivity contribution >= 4 is 53.7 Å². The van der Waals surface area contributed by atoms with E-state index in [9.17, 15) is 0 Å². The fraction of sp³-hybridized carbons (Fsp3) is 1.00. The van der Waals surface area contributed by atoms with E-state index < -0.39 is 53.7 Å². The topological polar surface area (TPSA) is 60.8 Å². The predicted molar refractivity (Wildman–Crippen MR) is 163 cm³/mol. The monoisotopic (exact) mass is 682 g/mol. The van der Waals surface area contributed by atoms with Crippen molar-refractivity contribution in [3.63, 3.8) is 0 Å². The van der Waals surface area contributed by atoms with Gasteiger partial charge in [0.25, 0.3) is 0 Å². The SMILES string of the molecule is C1CCOC1.C1CCOC1.C[SiH](C)[N-][SiH](C)C.C[SiH](C)[N-][SiH](C)C.C[SiH](C)[N-][SiH](C)C.[Nd+3]. The van der Waals surface area contributed by atoms with E-state index in [1.807, 2.05) is 0 Å². The molecule has 2 heterocycles. The first kappa shape index (κ1) is 41.6. The molecule has 12 heteroatoms. The van der Waals surface area contributed by atoms with Crippen molar-refractivity contribution in [2.75, 3.05) is 26.4 Å². The second kappa shape index (κ2) is 31.5. The molecule has 2 aliphatic heterocycles. The maximum absolute atomic E-state index is 4.94. The molecular weight excluding hydrogens is 627 g/mol. The van der Waals surface area contributed by atoms with Crippen LogP contribution in [0.5, 0.6) is 0 Å². The smallest absolute Gasteiger partial charge is 0.672 e. The Morgan fingerprint density at radius 1 is 0.375 bits per heavy atom. The molecule has 193 valence electrons. The van der Waals surface area contributed by atoms with E-state index in [1.54, 1.807) is 0 Å². The van der Waals surface area contributed by atoms with Crippen LogP contribution in [0.1, 0.15) is 25.7 Å². The van der Waals surface area contributed by atoms with Gasteiger partial charge in [0, 0.05) is 26.4 Å². The van der Waals surface area contributed by atoms with Gasteiger partial charge in [-0.15, -0.1) is 0 Å². The molecule has 0 aromatic rings. The molecular formula is C20H58N3NdO2Si6. The first-order valence-electron chi connectivity index (χ1n) is 12.6. The van der Waals surface area contributed by atoms with Crippen molar-refractivity contribution in [3.05, 3.63) is 13.9 Å². The van der Waals surface area contributed by atoms with Crippen LogP contribution in [-0.4, -0.2) is 80.2 Å². The van der Waals surface area contributed by atoms with Gasteiger partial charge in [-0.25, -0.2) is 0 Å². The molecule has 0 bridgehead atoms. The minimum absolute atomic E-state index is 0. The van der Waals surface area contributed by atoms with Crippen LogP contribution in [0.2, 0.25) is 78.6 Å². The average molecular weight is 685 g/mol. The molecule has 0 unspecified atom stereocenters. The van der Waals surface area contributed by atoms with Gasteiger partial charge in [-0.1, -0.05) is 132 Å². The summed E-state index contributed by atoms with van der Waals surface area (Å²) in [7, 11) is -3.25. The van der Waals surface area contributed by atoms with Crippen LogP contribution in [0.4, 0.5) is 0 Å². The number of hydrogen-bond acceptors (Lipinski definition) is 2. The number of hydrogen-bond donors (Lipinski definition) is 0. The van der Waals surface area contributed by atoms with Crippen LogP contribution in [0.3, 0.4) is 0 Å². The molecule has 0 atom stereocenters. The molecule has 2 fully saturated rings. The third kappa shape index (κ3) is 53.7. The van der Waals surface area contributed by atoms with Gasteiger partial charge >= 0.3 is 40.8 Å². The molecule has 2 saturated heterocycles. The third-order valence-electron chi connectivity index (χ3n) is 3.44. The fourth-order valence-electron chi connectivity index (χ4n) is 2.81. The normalized spacial score (nSPS) is 14.8. The Morgan fingerprint density at radius 2 is 0.531 bits per heavy atom. The van der Waals surface area contributed by atoms with E-state index >= 15 is 0 Å². The van der Waals surface area contributed by atoms with Gasteiger partial charge < -0.3 is 23.4 Å². The third-order valence-corrected chi connectivity index (χ3v) is 17.8. The molecule has 32 heavy (non-hydrogen) atoms. The summed E-state index contributed by atoms with van der Waals surface area (Å²) in [4.78, 5) is 0. The number of nitrogens with zero attached hydrogens (tertiary/aromatic N) is 3. The molecule has 0 amide bonds. The first-order valence-corrected chi connectivity index (χ1v) is 29.6. The maximum atomic E-state index is 4.94. The Bertz CT molecular complexity index is 262. The van der Waals surface area contributed by atoms with E-state index in [0.717, 1.165) is 26.4 Å². The summed E-state index contributed by atoms with van der Waals surface area (Å²) < 4.78 is 23.6. The van der Waals surface area contributed by atoms with E-state index in [4.69, 9.17) is 9.47 Å². The van der Waals surface area contributed by atoms with Crippen LogP contribution in [0.15, 0.2) is 0 Å². The average Bonchev–Trinajstić information content (AvgIpc) is 3.32. The van der Waals surface area contributed by atoms with Gasteiger partial charge in [-0.3, -0.25) is 0 Å². The zero-order chi connectivity index (χ0) is 24.7. The van der Waals surface area contributed by atoms with E-state index in [0.29, 0.717) is 0 Å². The Labute approximate surface area is 246 Å². The van der Waals surface area contributed by atoms with E-state index in [2.05, 4.69) is 92.5 Å². The molecule has 0 N–H and O–H groups in total. The van der Waals surface area contributed by atoms with E-state index in [-0.39, 0.29) is 40.8 Å². The molecule has 0 aromatic heterocycles. The van der Waals surface area contributed by atoms with Gasteiger partial charge in [0.2, 0.25) is 0 Å². The van der Waals surface area contributed by atoms with Crippen LogP contribution < -0.4 is 0 Å². The summed E-state index contributed by atoms with van der Waals surface area (Å²) in [5.41, 5.74) is 0. The van der Waals surface area contributed by atoms with Crippen molar-refractivity contribution in [1.82, 2.24) is 0 Å². The number of ether oxygens (including phenoxy) is 2. The van der Waals surface area contributed by atoms with Crippen LogP contribution >= 0.6 is 0 Å². The quantitative estimate of drug-likeness (QED) is 0.344. The van der Waals surface area contributed by atoms with Gasteiger partial charge in [-0.05, 0) is 25.7 Å². The molecule has 0 spiro atoms. The Morgan fingerprint density at radius 3 is 0.562 bits per heavy atom. The summed E-state index contributed by atoms with van der Waals surface area (Å²) in [6.07, 6.45) is 5.11. The van der Waals surface area contributed by atoms with Gasteiger partial charge in [0.05, 0.1) is 0 Å². The van der Waals surface area contributed by atoms with Crippen LogP contribution in [-0.2, 0) is 9.47 Å². The summed E-state index contributed by atoms with van der Waals surface area (Å²) in [6, 6.07) is 0. The Hall–Kier alpha value is 2.45. The molecule has 2 aliphatic rings. The molecule has 1 radical (unpaired) electrons. The Kier molecular flexibility index (Phi) is 40.9. The minimum atomic E-state index is -0.542. The van der Waals surface area contributed by atoms with Crippen molar-refractivity contribution < 1.29 is 50.3 Å². The molecule has 2 rings (SSSR count). The van der Waals surface area contributed by atoms with Crippen molar-refractivity contribution in [2.45, 2.75) is 104 Å². The zero-order valence-corrected chi connectivity index (χ0v) is 33.9. The molecule has 5 nitrogen and oxygen atoms in total. The van der Waals surface area contributed by atoms with Crippen LogP contribution in [0, 0.1) is 40.8 Å². The standard InChI is InChI=1S/3C4H14NSi2.2C4H8O.Nd/c3*1-6(2)5-7(3)4;2*1-2-4-5-3-1;/h3*6-7H,1-4H3;2*1-4H2;/q3*-1;;;+3. The molecule has 0 aromatic carbocycles. The summed E-state index contributed by atoms with van der Waals surface area (Å²) in [6.45, 7) is 31.2. The van der Waals surface area contributed by atoms with Crippen molar-refractivity contribution in [3.8, 4) is 0 Å². The first-order chi connectivity index (χ1) is 14.4. The predicted octanol–water partition coefficient (Wildman–Crippen LogP) is 5.57. The molecule has 0 aliphatic carbocycles. The summed E-state index contributed by atoms with van der Waals surface area (Å²) in [5, 5.41) is 0.